The van der Waals surface area contributed by atoms with Crippen molar-refractivity contribution in [2.75, 3.05) is 7.11 Å². The Morgan fingerprint density at radius 1 is 0.579 bits per heavy atom. The normalized spacial score (nSPS) is 11.1. The number of fused-ring (bicyclic) bond motifs is 2. The van der Waals surface area contributed by atoms with E-state index in [-0.39, 0.29) is 0 Å². The van der Waals surface area contributed by atoms with Gasteiger partial charge in [-0.25, -0.2) is 0 Å². The number of methoxy groups -OCH3 is 1. The van der Waals surface area contributed by atoms with Crippen LogP contribution in [0.1, 0.15) is 5.56 Å². The molecule has 0 bridgehead atoms. The van der Waals surface area contributed by atoms with Crippen LogP contribution < -0.4 is 9.47 Å². The first-order chi connectivity index (χ1) is 18.6. The van der Waals surface area contributed by atoms with E-state index >= 15 is 0 Å². The minimum atomic E-state index is 0.431. The highest BCUT2D eigenvalue weighted by atomic mass is 35.5. The second-order valence-electron chi connectivity index (χ2n) is 9.11. The van der Waals surface area contributed by atoms with Crippen molar-refractivity contribution >= 4 is 44.7 Å². The zero-order valence-electron chi connectivity index (χ0n) is 20.7. The fourth-order valence-corrected chi connectivity index (χ4v) is 5.34. The summed E-state index contributed by atoms with van der Waals surface area (Å²) in [4.78, 5) is 0. The van der Waals surface area contributed by atoms with Gasteiger partial charge in [-0.05, 0) is 62.5 Å². The molecule has 6 aromatic carbocycles. The highest BCUT2D eigenvalue weighted by molar-refractivity contribution is 6.42. The van der Waals surface area contributed by atoms with E-state index in [1.54, 1.807) is 7.11 Å². The lowest BCUT2D eigenvalue weighted by atomic mass is 9.88. The van der Waals surface area contributed by atoms with Crippen molar-refractivity contribution < 1.29 is 9.47 Å². The van der Waals surface area contributed by atoms with Gasteiger partial charge in [-0.3, -0.25) is 0 Å². The number of hydrogen-bond acceptors (Lipinski definition) is 2. The van der Waals surface area contributed by atoms with E-state index in [9.17, 15) is 0 Å². The van der Waals surface area contributed by atoms with Crippen LogP contribution in [0.3, 0.4) is 0 Å². The Morgan fingerprint density at radius 2 is 1.26 bits per heavy atom. The summed E-state index contributed by atoms with van der Waals surface area (Å²) in [5.74, 6) is 1.56. The van der Waals surface area contributed by atoms with Gasteiger partial charge < -0.3 is 9.47 Å². The third-order valence-corrected chi connectivity index (χ3v) is 7.58. The first-order valence-electron chi connectivity index (χ1n) is 12.4. The van der Waals surface area contributed by atoms with Crippen LogP contribution in [0.4, 0.5) is 0 Å². The Morgan fingerprint density at radius 3 is 2.03 bits per heavy atom. The quantitative estimate of drug-likeness (QED) is 0.211. The molecule has 0 atom stereocenters. The molecule has 6 rings (SSSR count). The van der Waals surface area contributed by atoms with Gasteiger partial charge >= 0.3 is 0 Å². The molecule has 0 aliphatic rings. The monoisotopic (exact) mass is 534 g/mol. The molecular formula is C34H24Cl2O2. The summed E-state index contributed by atoms with van der Waals surface area (Å²) in [7, 11) is 1.71. The fraction of sp³-hybridized carbons (Fsp3) is 0.0588. The largest absolute Gasteiger partial charge is 0.496 e. The van der Waals surface area contributed by atoms with Gasteiger partial charge in [0, 0.05) is 11.1 Å². The summed E-state index contributed by atoms with van der Waals surface area (Å²) in [6.07, 6.45) is 0. The number of benzene rings is 6. The molecule has 0 heterocycles. The molecule has 0 aromatic heterocycles. The molecule has 0 saturated carbocycles. The topological polar surface area (TPSA) is 18.5 Å². The maximum atomic E-state index is 6.64. The lowest BCUT2D eigenvalue weighted by Gasteiger charge is -2.21. The lowest BCUT2D eigenvalue weighted by Crippen LogP contribution is -2.00. The van der Waals surface area contributed by atoms with Gasteiger partial charge in [0.05, 0.1) is 17.2 Å². The van der Waals surface area contributed by atoms with Gasteiger partial charge in [0.15, 0.2) is 0 Å². The van der Waals surface area contributed by atoms with E-state index in [4.69, 9.17) is 32.7 Å². The first kappa shape index (κ1) is 24.4. The maximum Gasteiger partial charge on any atom is 0.129 e. The third-order valence-electron chi connectivity index (χ3n) is 6.84. The van der Waals surface area contributed by atoms with Gasteiger partial charge in [-0.15, -0.1) is 0 Å². The smallest absolute Gasteiger partial charge is 0.129 e. The molecule has 0 radical (unpaired) electrons. The van der Waals surface area contributed by atoms with E-state index in [0.29, 0.717) is 16.7 Å². The summed E-state index contributed by atoms with van der Waals surface area (Å²) in [6, 6.07) is 38.9. The molecule has 0 unspecified atom stereocenters. The van der Waals surface area contributed by atoms with Crippen molar-refractivity contribution in [2.45, 2.75) is 6.61 Å². The average Bonchev–Trinajstić information content (AvgIpc) is 2.97. The van der Waals surface area contributed by atoms with E-state index in [1.807, 2.05) is 42.5 Å². The Kier molecular flexibility index (Phi) is 6.68. The summed E-state index contributed by atoms with van der Waals surface area (Å²) in [5.41, 5.74) is 5.08. The predicted octanol–water partition coefficient (Wildman–Crippen LogP) is 10.2. The second-order valence-corrected chi connectivity index (χ2v) is 9.92. The van der Waals surface area contributed by atoms with Crippen LogP contribution in [0.2, 0.25) is 10.0 Å². The summed E-state index contributed by atoms with van der Waals surface area (Å²) >= 11 is 12.7. The van der Waals surface area contributed by atoms with Crippen molar-refractivity contribution in [3.63, 3.8) is 0 Å². The molecule has 4 heteroatoms. The van der Waals surface area contributed by atoms with Crippen LogP contribution in [-0.2, 0) is 6.61 Å². The van der Waals surface area contributed by atoms with Crippen LogP contribution in [0.25, 0.3) is 43.8 Å². The van der Waals surface area contributed by atoms with Crippen LogP contribution in [-0.4, -0.2) is 7.11 Å². The van der Waals surface area contributed by atoms with E-state index in [2.05, 4.69) is 72.8 Å². The predicted molar refractivity (Wildman–Crippen MR) is 160 cm³/mol. The molecule has 0 aliphatic heterocycles. The number of hydrogen-bond donors (Lipinski definition) is 0. The average molecular weight is 535 g/mol. The summed E-state index contributed by atoms with van der Waals surface area (Å²) in [5, 5.41) is 5.42. The van der Waals surface area contributed by atoms with Crippen molar-refractivity contribution in [3.05, 3.63) is 131 Å². The molecule has 38 heavy (non-hydrogen) atoms. The van der Waals surface area contributed by atoms with E-state index in [0.717, 1.165) is 60.9 Å². The summed E-state index contributed by atoms with van der Waals surface area (Å²) < 4.78 is 12.6. The molecule has 6 aromatic rings. The minimum absolute atomic E-state index is 0.431. The fourth-order valence-electron chi connectivity index (χ4n) is 5.04. The Hall–Kier alpha value is -3.98. The van der Waals surface area contributed by atoms with Gasteiger partial charge in [0.2, 0.25) is 0 Å². The molecule has 0 saturated heterocycles. The minimum Gasteiger partial charge on any atom is -0.496 e. The Bertz CT molecular complexity index is 1780. The van der Waals surface area contributed by atoms with E-state index in [1.165, 1.54) is 0 Å². The molecule has 186 valence electrons. The molecule has 0 N–H and O–H groups in total. The van der Waals surface area contributed by atoms with Crippen molar-refractivity contribution in [3.8, 4) is 33.8 Å². The Labute approximate surface area is 232 Å². The van der Waals surface area contributed by atoms with Gasteiger partial charge in [0.25, 0.3) is 0 Å². The number of rotatable bonds is 6. The molecule has 0 amide bonds. The van der Waals surface area contributed by atoms with Crippen molar-refractivity contribution in [2.24, 2.45) is 0 Å². The highest BCUT2D eigenvalue weighted by Gasteiger charge is 2.21. The van der Waals surface area contributed by atoms with Gasteiger partial charge in [-0.1, -0.05) is 114 Å². The van der Waals surface area contributed by atoms with Crippen LogP contribution >= 0.6 is 23.2 Å². The summed E-state index contributed by atoms with van der Waals surface area (Å²) in [6.45, 7) is 0.431. The van der Waals surface area contributed by atoms with Crippen molar-refractivity contribution in [1.82, 2.24) is 0 Å². The van der Waals surface area contributed by atoms with Gasteiger partial charge in [0.1, 0.15) is 18.1 Å². The molecule has 2 nitrogen and oxygen atoms in total. The highest BCUT2D eigenvalue weighted by Crippen LogP contribution is 2.48. The molecule has 0 aliphatic carbocycles. The second kappa shape index (κ2) is 10.4. The maximum absolute atomic E-state index is 6.64. The molecule has 0 spiro atoms. The SMILES string of the molecule is COc1ccc2ccccc2c1-c1c(OCc2ccccc2)cc(-c2ccc(Cl)c(Cl)c2)c2ccccc12. The first-order valence-corrected chi connectivity index (χ1v) is 13.1. The third kappa shape index (κ3) is 4.47. The molecular weight excluding hydrogens is 511 g/mol. The van der Waals surface area contributed by atoms with Crippen LogP contribution in [0.5, 0.6) is 11.5 Å². The van der Waals surface area contributed by atoms with Crippen LogP contribution in [0.15, 0.2) is 115 Å². The zero-order chi connectivity index (χ0) is 26.1. The van der Waals surface area contributed by atoms with Crippen molar-refractivity contribution in [1.29, 1.82) is 0 Å². The Balaban J connectivity index is 1.68. The number of ether oxygens (including phenoxy) is 2. The lowest BCUT2D eigenvalue weighted by molar-refractivity contribution is 0.308. The van der Waals surface area contributed by atoms with E-state index < -0.39 is 0 Å². The number of halogens is 2. The zero-order valence-corrected chi connectivity index (χ0v) is 22.3. The van der Waals surface area contributed by atoms with Crippen LogP contribution in [0, 0.1) is 0 Å². The standard InChI is InChI=1S/C34H24Cl2O2/c1-37-31-18-16-23-11-5-6-12-25(23)33(31)34-27-14-8-7-13-26(27)28(24-15-17-29(35)30(36)19-24)20-32(34)38-21-22-9-3-2-4-10-22/h2-20H,21H2,1H3. The molecule has 0 fully saturated rings. The van der Waals surface area contributed by atoms with Gasteiger partial charge in [-0.2, -0.15) is 0 Å².